The highest BCUT2D eigenvalue weighted by molar-refractivity contribution is 5.98. The van der Waals surface area contributed by atoms with E-state index in [0.717, 1.165) is 23.2 Å². The molecule has 0 saturated carbocycles. The zero-order valence-electron chi connectivity index (χ0n) is 18.1. The first-order chi connectivity index (χ1) is 14.3. The smallest absolute Gasteiger partial charge is 0.254 e. The molecule has 6 heteroatoms. The van der Waals surface area contributed by atoms with Crippen LogP contribution in [-0.4, -0.2) is 54.7 Å². The zero-order chi connectivity index (χ0) is 21.8. The molecule has 0 unspecified atom stereocenters. The minimum Gasteiger partial charge on any atom is -0.345 e. The Balaban J connectivity index is 1.74. The number of carbonyl (C=O) groups excluding carboxylic acids is 3. The van der Waals surface area contributed by atoms with E-state index in [1.807, 2.05) is 44.2 Å². The van der Waals surface area contributed by atoms with Gasteiger partial charge < -0.3 is 14.7 Å². The van der Waals surface area contributed by atoms with E-state index in [-0.39, 0.29) is 17.7 Å². The Hall–Kier alpha value is -3.15. The highest BCUT2D eigenvalue weighted by Crippen LogP contribution is 2.30. The van der Waals surface area contributed by atoms with E-state index in [2.05, 4.69) is 0 Å². The number of rotatable bonds is 6. The second-order valence-electron chi connectivity index (χ2n) is 7.71. The third-order valence-electron chi connectivity index (χ3n) is 5.47. The SMILES string of the molecule is CCC(=O)N1CCc2cc(C(=O)N(CC)Cc3ccc(C(=O)N(C)C)cc3)ccc21. The van der Waals surface area contributed by atoms with Gasteiger partial charge in [0.25, 0.3) is 11.8 Å². The van der Waals surface area contributed by atoms with Gasteiger partial charge in [-0.3, -0.25) is 14.4 Å². The van der Waals surface area contributed by atoms with Crippen LogP contribution in [0.3, 0.4) is 0 Å². The summed E-state index contributed by atoms with van der Waals surface area (Å²) in [6.45, 7) is 5.55. The lowest BCUT2D eigenvalue weighted by Crippen LogP contribution is -2.30. The average molecular weight is 408 g/mol. The third-order valence-corrected chi connectivity index (χ3v) is 5.47. The fourth-order valence-electron chi connectivity index (χ4n) is 3.73. The second kappa shape index (κ2) is 9.11. The van der Waals surface area contributed by atoms with Gasteiger partial charge >= 0.3 is 0 Å². The lowest BCUT2D eigenvalue weighted by atomic mass is 10.1. The fraction of sp³-hybridized carbons (Fsp3) is 0.375. The molecular formula is C24H29N3O3. The zero-order valence-corrected chi connectivity index (χ0v) is 18.1. The quantitative estimate of drug-likeness (QED) is 0.738. The Morgan fingerprint density at radius 1 is 0.933 bits per heavy atom. The number of fused-ring (bicyclic) bond motifs is 1. The van der Waals surface area contributed by atoms with Crippen LogP contribution in [0, 0.1) is 0 Å². The molecule has 2 aromatic rings. The topological polar surface area (TPSA) is 60.9 Å². The highest BCUT2D eigenvalue weighted by Gasteiger charge is 2.25. The molecule has 0 aromatic heterocycles. The predicted octanol–water partition coefficient (Wildman–Crippen LogP) is 3.35. The van der Waals surface area contributed by atoms with E-state index >= 15 is 0 Å². The molecule has 1 aliphatic heterocycles. The van der Waals surface area contributed by atoms with Crippen molar-refractivity contribution in [1.29, 1.82) is 0 Å². The van der Waals surface area contributed by atoms with Gasteiger partial charge in [-0.1, -0.05) is 19.1 Å². The number of hydrogen-bond donors (Lipinski definition) is 0. The maximum absolute atomic E-state index is 13.1. The molecule has 0 fully saturated rings. The maximum Gasteiger partial charge on any atom is 0.254 e. The molecule has 2 aromatic carbocycles. The molecular weight excluding hydrogens is 378 g/mol. The molecule has 0 atom stereocenters. The Morgan fingerprint density at radius 3 is 2.20 bits per heavy atom. The van der Waals surface area contributed by atoms with E-state index in [0.29, 0.717) is 37.2 Å². The van der Waals surface area contributed by atoms with Crippen LogP contribution in [0.15, 0.2) is 42.5 Å². The molecule has 1 aliphatic rings. The summed E-state index contributed by atoms with van der Waals surface area (Å²) in [4.78, 5) is 42.4. The van der Waals surface area contributed by atoms with Gasteiger partial charge in [0.2, 0.25) is 5.91 Å². The summed E-state index contributed by atoms with van der Waals surface area (Å²) >= 11 is 0. The largest absolute Gasteiger partial charge is 0.345 e. The Morgan fingerprint density at radius 2 is 1.60 bits per heavy atom. The first kappa shape index (κ1) is 21.6. The minimum atomic E-state index is -0.0429. The van der Waals surface area contributed by atoms with E-state index in [1.54, 1.807) is 40.9 Å². The number of benzene rings is 2. The Labute approximate surface area is 178 Å². The van der Waals surface area contributed by atoms with Crippen LogP contribution in [0.4, 0.5) is 5.69 Å². The first-order valence-corrected chi connectivity index (χ1v) is 10.4. The van der Waals surface area contributed by atoms with E-state index < -0.39 is 0 Å². The van der Waals surface area contributed by atoms with Gasteiger partial charge in [-0.15, -0.1) is 0 Å². The van der Waals surface area contributed by atoms with Crippen LogP contribution in [0.25, 0.3) is 0 Å². The van der Waals surface area contributed by atoms with Gasteiger partial charge in [-0.2, -0.15) is 0 Å². The van der Waals surface area contributed by atoms with Crippen LogP contribution in [0.1, 0.15) is 52.1 Å². The van der Waals surface area contributed by atoms with Gasteiger partial charge in [0.05, 0.1) is 0 Å². The fourth-order valence-corrected chi connectivity index (χ4v) is 3.73. The third kappa shape index (κ3) is 4.37. The molecule has 158 valence electrons. The molecule has 0 aliphatic carbocycles. The van der Waals surface area contributed by atoms with Gasteiger partial charge in [0, 0.05) is 57.0 Å². The molecule has 30 heavy (non-hydrogen) atoms. The van der Waals surface area contributed by atoms with Crippen molar-refractivity contribution in [1.82, 2.24) is 9.80 Å². The highest BCUT2D eigenvalue weighted by atomic mass is 16.2. The van der Waals surface area contributed by atoms with Crippen molar-refractivity contribution in [3.8, 4) is 0 Å². The summed E-state index contributed by atoms with van der Waals surface area (Å²) in [5.41, 5.74) is 4.21. The Bertz CT molecular complexity index is 951. The number of hydrogen-bond acceptors (Lipinski definition) is 3. The van der Waals surface area contributed by atoms with Crippen molar-refractivity contribution < 1.29 is 14.4 Å². The summed E-state index contributed by atoms with van der Waals surface area (Å²) < 4.78 is 0. The summed E-state index contributed by atoms with van der Waals surface area (Å²) in [7, 11) is 3.45. The lowest BCUT2D eigenvalue weighted by molar-refractivity contribution is -0.118. The maximum atomic E-state index is 13.1. The standard InChI is InChI=1S/C24H29N3O3/c1-5-22(28)27-14-13-19-15-20(11-12-21(19)27)24(30)26(6-2)16-17-7-9-18(10-8-17)23(29)25(3)4/h7-12,15H,5-6,13-14,16H2,1-4H3. The van der Waals surface area contributed by atoms with Crippen molar-refractivity contribution in [3.05, 3.63) is 64.7 Å². The van der Waals surface area contributed by atoms with Crippen LogP contribution in [-0.2, 0) is 17.8 Å². The molecule has 0 saturated heterocycles. The molecule has 0 bridgehead atoms. The van der Waals surface area contributed by atoms with Gasteiger partial charge in [-0.25, -0.2) is 0 Å². The first-order valence-electron chi connectivity index (χ1n) is 10.4. The van der Waals surface area contributed by atoms with Crippen molar-refractivity contribution in [2.75, 3.05) is 32.1 Å². The summed E-state index contributed by atoms with van der Waals surface area (Å²) in [5.74, 6) is 0.0342. The van der Waals surface area contributed by atoms with E-state index in [4.69, 9.17) is 0 Å². The van der Waals surface area contributed by atoms with Crippen molar-refractivity contribution in [2.24, 2.45) is 0 Å². The van der Waals surface area contributed by atoms with Crippen molar-refractivity contribution in [3.63, 3.8) is 0 Å². The lowest BCUT2D eigenvalue weighted by Gasteiger charge is -2.22. The Kier molecular flexibility index (Phi) is 6.55. The second-order valence-corrected chi connectivity index (χ2v) is 7.71. The predicted molar refractivity (Wildman–Crippen MR) is 118 cm³/mol. The van der Waals surface area contributed by atoms with Gasteiger partial charge in [0.1, 0.15) is 0 Å². The van der Waals surface area contributed by atoms with Crippen LogP contribution in [0.2, 0.25) is 0 Å². The van der Waals surface area contributed by atoms with Crippen molar-refractivity contribution >= 4 is 23.4 Å². The minimum absolute atomic E-state index is 0.0333. The summed E-state index contributed by atoms with van der Waals surface area (Å²) in [5, 5.41) is 0. The van der Waals surface area contributed by atoms with Crippen LogP contribution < -0.4 is 4.90 Å². The molecule has 6 nitrogen and oxygen atoms in total. The van der Waals surface area contributed by atoms with Crippen molar-refractivity contribution in [2.45, 2.75) is 33.2 Å². The molecule has 3 amide bonds. The van der Waals surface area contributed by atoms with Crippen LogP contribution in [0.5, 0.6) is 0 Å². The average Bonchev–Trinajstić information content (AvgIpc) is 3.19. The van der Waals surface area contributed by atoms with E-state index in [1.165, 1.54) is 0 Å². The number of anilines is 1. The summed E-state index contributed by atoms with van der Waals surface area (Å²) in [6.07, 6.45) is 1.25. The summed E-state index contributed by atoms with van der Waals surface area (Å²) in [6, 6.07) is 13.0. The molecule has 3 rings (SSSR count). The monoisotopic (exact) mass is 407 g/mol. The van der Waals surface area contributed by atoms with Gasteiger partial charge in [-0.05, 0) is 54.8 Å². The number of carbonyl (C=O) groups is 3. The normalized spacial score (nSPS) is 12.5. The van der Waals surface area contributed by atoms with E-state index in [9.17, 15) is 14.4 Å². The molecule has 0 N–H and O–H groups in total. The molecule has 0 radical (unpaired) electrons. The molecule has 1 heterocycles. The number of nitrogens with zero attached hydrogens (tertiary/aromatic N) is 3. The van der Waals surface area contributed by atoms with Gasteiger partial charge in [0.15, 0.2) is 0 Å². The van der Waals surface area contributed by atoms with Crippen LogP contribution >= 0.6 is 0 Å². The molecule has 0 spiro atoms. The number of amides is 3.